The predicted molar refractivity (Wildman–Crippen MR) is 76.5 cm³/mol. The standard InChI is InChI=1S/C12H10Cl2N2OS/c1-7(13)11(17)16-12-15-10(6-18-12)8-4-2-3-5-9(8)14/h2-7H,1H3,(H,15,16,17)/t7-/m1/s1. The highest BCUT2D eigenvalue weighted by molar-refractivity contribution is 7.14. The summed E-state index contributed by atoms with van der Waals surface area (Å²) in [4.78, 5) is 15.7. The summed E-state index contributed by atoms with van der Waals surface area (Å²) in [5, 5.41) is 5.05. The zero-order valence-electron chi connectivity index (χ0n) is 9.48. The third-order valence-corrected chi connectivity index (χ3v) is 3.53. The quantitative estimate of drug-likeness (QED) is 0.870. The smallest absolute Gasteiger partial charge is 0.243 e. The Morgan fingerprint density at radius 3 is 2.83 bits per heavy atom. The van der Waals surface area contributed by atoms with Crippen LogP contribution in [0.5, 0.6) is 0 Å². The summed E-state index contributed by atoms with van der Waals surface area (Å²) in [7, 11) is 0. The molecule has 1 atom stereocenters. The second kappa shape index (κ2) is 5.69. The Morgan fingerprint density at radius 2 is 2.17 bits per heavy atom. The van der Waals surface area contributed by atoms with Gasteiger partial charge in [0.1, 0.15) is 5.38 Å². The van der Waals surface area contributed by atoms with Crippen LogP contribution in [0, 0.1) is 0 Å². The van der Waals surface area contributed by atoms with Gasteiger partial charge in [-0.05, 0) is 13.0 Å². The Bertz CT molecular complexity index is 569. The van der Waals surface area contributed by atoms with Gasteiger partial charge in [-0.25, -0.2) is 4.98 Å². The second-order valence-electron chi connectivity index (χ2n) is 3.62. The van der Waals surface area contributed by atoms with Gasteiger partial charge in [0.05, 0.1) is 5.69 Å². The van der Waals surface area contributed by atoms with Gasteiger partial charge in [0.2, 0.25) is 5.91 Å². The number of rotatable bonds is 3. The molecular formula is C12H10Cl2N2OS. The normalized spacial score (nSPS) is 12.2. The predicted octanol–water partition coefficient (Wildman–Crippen LogP) is 4.03. The number of benzene rings is 1. The van der Waals surface area contributed by atoms with Crippen molar-refractivity contribution in [1.82, 2.24) is 4.98 Å². The van der Waals surface area contributed by atoms with Crippen LogP contribution in [0.4, 0.5) is 5.13 Å². The molecule has 1 N–H and O–H groups in total. The number of anilines is 1. The van der Waals surface area contributed by atoms with E-state index in [1.807, 2.05) is 23.6 Å². The van der Waals surface area contributed by atoms with Crippen molar-refractivity contribution in [3.63, 3.8) is 0 Å². The first-order valence-electron chi connectivity index (χ1n) is 5.23. The molecule has 1 heterocycles. The lowest BCUT2D eigenvalue weighted by Crippen LogP contribution is -2.20. The molecule has 0 radical (unpaired) electrons. The average molecular weight is 301 g/mol. The monoisotopic (exact) mass is 300 g/mol. The molecule has 1 amide bonds. The molecule has 94 valence electrons. The first kappa shape index (κ1) is 13.3. The van der Waals surface area contributed by atoms with Gasteiger partial charge in [-0.3, -0.25) is 4.79 Å². The number of carbonyl (C=O) groups is 1. The van der Waals surface area contributed by atoms with Crippen LogP contribution < -0.4 is 5.32 Å². The zero-order valence-corrected chi connectivity index (χ0v) is 11.8. The average Bonchev–Trinajstić information content (AvgIpc) is 2.77. The lowest BCUT2D eigenvalue weighted by Gasteiger charge is -2.02. The van der Waals surface area contributed by atoms with E-state index in [1.54, 1.807) is 13.0 Å². The van der Waals surface area contributed by atoms with Crippen molar-refractivity contribution >= 4 is 45.6 Å². The van der Waals surface area contributed by atoms with Crippen LogP contribution in [-0.2, 0) is 4.79 Å². The number of hydrogen-bond donors (Lipinski definition) is 1. The third kappa shape index (κ3) is 3.02. The fourth-order valence-corrected chi connectivity index (χ4v) is 2.33. The molecule has 0 aliphatic heterocycles. The molecule has 0 bridgehead atoms. The summed E-state index contributed by atoms with van der Waals surface area (Å²) in [6.07, 6.45) is 0. The number of nitrogens with zero attached hydrogens (tertiary/aromatic N) is 1. The van der Waals surface area contributed by atoms with Crippen LogP contribution in [-0.4, -0.2) is 16.3 Å². The molecule has 0 fully saturated rings. The SMILES string of the molecule is C[C@@H](Cl)C(=O)Nc1nc(-c2ccccc2Cl)cs1. The molecule has 1 aromatic heterocycles. The van der Waals surface area contributed by atoms with Gasteiger partial charge in [-0.2, -0.15) is 0 Å². The molecule has 2 aromatic rings. The van der Waals surface area contributed by atoms with Gasteiger partial charge < -0.3 is 5.32 Å². The number of carbonyl (C=O) groups excluding carboxylic acids is 1. The lowest BCUT2D eigenvalue weighted by molar-refractivity contribution is -0.115. The number of thiazole rings is 1. The number of nitrogens with one attached hydrogen (secondary N) is 1. The highest BCUT2D eigenvalue weighted by Crippen LogP contribution is 2.30. The maximum absolute atomic E-state index is 11.4. The van der Waals surface area contributed by atoms with E-state index in [0.717, 1.165) is 11.3 Å². The molecule has 2 rings (SSSR count). The maximum Gasteiger partial charge on any atom is 0.243 e. The topological polar surface area (TPSA) is 42.0 Å². The third-order valence-electron chi connectivity index (χ3n) is 2.25. The van der Waals surface area contributed by atoms with Crippen LogP contribution >= 0.6 is 34.5 Å². The first-order chi connectivity index (χ1) is 8.58. The van der Waals surface area contributed by atoms with Crippen molar-refractivity contribution in [2.24, 2.45) is 0 Å². The van der Waals surface area contributed by atoms with E-state index in [2.05, 4.69) is 10.3 Å². The van der Waals surface area contributed by atoms with Crippen molar-refractivity contribution in [1.29, 1.82) is 0 Å². The van der Waals surface area contributed by atoms with Crippen LogP contribution in [0.1, 0.15) is 6.92 Å². The van der Waals surface area contributed by atoms with E-state index in [9.17, 15) is 4.79 Å². The van der Waals surface area contributed by atoms with Gasteiger partial charge in [-0.15, -0.1) is 22.9 Å². The number of halogens is 2. The number of amides is 1. The van der Waals surface area contributed by atoms with Gasteiger partial charge in [0.25, 0.3) is 0 Å². The minimum atomic E-state index is -0.585. The molecule has 6 heteroatoms. The molecule has 0 unspecified atom stereocenters. The maximum atomic E-state index is 11.4. The van der Waals surface area contributed by atoms with E-state index in [1.165, 1.54) is 11.3 Å². The fourth-order valence-electron chi connectivity index (χ4n) is 1.33. The largest absolute Gasteiger partial charge is 0.301 e. The Morgan fingerprint density at radius 1 is 1.44 bits per heavy atom. The molecule has 0 spiro atoms. The van der Waals surface area contributed by atoms with Gasteiger partial charge >= 0.3 is 0 Å². The fraction of sp³-hybridized carbons (Fsp3) is 0.167. The molecule has 0 saturated heterocycles. The van der Waals surface area contributed by atoms with E-state index >= 15 is 0 Å². The Labute approximate surface area is 119 Å². The number of hydrogen-bond acceptors (Lipinski definition) is 3. The number of aromatic nitrogens is 1. The number of alkyl halides is 1. The van der Waals surface area contributed by atoms with Crippen molar-refractivity contribution in [2.75, 3.05) is 5.32 Å². The van der Waals surface area contributed by atoms with Crippen molar-refractivity contribution < 1.29 is 4.79 Å². The summed E-state index contributed by atoms with van der Waals surface area (Å²) in [5.74, 6) is -0.267. The summed E-state index contributed by atoms with van der Waals surface area (Å²) in [6, 6.07) is 7.43. The molecule has 0 saturated carbocycles. The van der Waals surface area contributed by atoms with Crippen molar-refractivity contribution in [3.8, 4) is 11.3 Å². The van der Waals surface area contributed by atoms with E-state index < -0.39 is 5.38 Å². The summed E-state index contributed by atoms with van der Waals surface area (Å²) in [6.45, 7) is 1.61. The van der Waals surface area contributed by atoms with Crippen LogP contribution in [0.3, 0.4) is 0 Å². The Balaban J connectivity index is 2.21. The zero-order chi connectivity index (χ0) is 13.1. The molecule has 18 heavy (non-hydrogen) atoms. The van der Waals surface area contributed by atoms with Crippen LogP contribution in [0.25, 0.3) is 11.3 Å². The molecule has 0 aliphatic rings. The summed E-state index contributed by atoms with van der Waals surface area (Å²) < 4.78 is 0. The highest BCUT2D eigenvalue weighted by atomic mass is 35.5. The van der Waals surface area contributed by atoms with Crippen molar-refractivity contribution in [3.05, 3.63) is 34.7 Å². The molecule has 1 aromatic carbocycles. The van der Waals surface area contributed by atoms with E-state index in [0.29, 0.717) is 10.2 Å². The molecule has 3 nitrogen and oxygen atoms in total. The van der Waals surface area contributed by atoms with Crippen LogP contribution in [0.2, 0.25) is 5.02 Å². The van der Waals surface area contributed by atoms with Crippen LogP contribution in [0.15, 0.2) is 29.6 Å². The Hall–Kier alpha value is -1.10. The minimum Gasteiger partial charge on any atom is -0.301 e. The molecule has 0 aliphatic carbocycles. The van der Waals surface area contributed by atoms with Crippen molar-refractivity contribution in [2.45, 2.75) is 12.3 Å². The summed E-state index contributed by atoms with van der Waals surface area (Å²) in [5.41, 5.74) is 1.58. The molecular weight excluding hydrogens is 291 g/mol. The second-order valence-corrected chi connectivity index (χ2v) is 5.54. The first-order valence-corrected chi connectivity index (χ1v) is 6.92. The van der Waals surface area contributed by atoms with E-state index in [4.69, 9.17) is 23.2 Å². The minimum absolute atomic E-state index is 0.267. The highest BCUT2D eigenvalue weighted by Gasteiger charge is 2.13. The summed E-state index contributed by atoms with van der Waals surface area (Å²) >= 11 is 13.1. The lowest BCUT2D eigenvalue weighted by atomic mass is 10.2. The Kier molecular flexibility index (Phi) is 4.22. The van der Waals surface area contributed by atoms with E-state index in [-0.39, 0.29) is 5.91 Å². The van der Waals surface area contributed by atoms with Gasteiger partial charge in [-0.1, -0.05) is 29.8 Å². The van der Waals surface area contributed by atoms with Gasteiger partial charge in [0, 0.05) is 16.0 Å². The van der Waals surface area contributed by atoms with Gasteiger partial charge in [0.15, 0.2) is 5.13 Å².